The van der Waals surface area contributed by atoms with E-state index in [1.54, 1.807) is 25.5 Å². The van der Waals surface area contributed by atoms with Gasteiger partial charge in [0.15, 0.2) is 0 Å². The molecule has 0 aromatic carbocycles. The topological polar surface area (TPSA) is 72.5 Å². The molecule has 0 saturated heterocycles. The zero-order valence-electron chi connectivity index (χ0n) is 16.7. The normalized spacial score (nSPS) is 16.0. The SMILES string of the molecule is CCC(CC)(COC(=O)C(C)(CC(C)C)C(C)C)NS(=O)(=O)C(F)(F)F. The fraction of sp³-hybridized carbons (Fsp3) is 0.941. The highest BCUT2D eigenvalue weighted by atomic mass is 32.2. The van der Waals surface area contributed by atoms with E-state index in [0.29, 0.717) is 6.42 Å². The molecule has 0 aliphatic rings. The molecular weight excluding hydrogens is 371 g/mol. The van der Waals surface area contributed by atoms with E-state index in [2.05, 4.69) is 0 Å². The predicted octanol–water partition coefficient (Wildman–Crippen LogP) is 4.24. The minimum absolute atomic E-state index is 0.0399. The first-order chi connectivity index (χ1) is 11.6. The fourth-order valence-corrected chi connectivity index (χ4v) is 3.78. The Morgan fingerprint density at radius 2 is 1.54 bits per heavy atom. The third-order valence-electron chi connectivity index (χ3n) is 5.06. The molecule has 0 spiro atoms. The van der Waals surface area contributed by atoms with Crippen LogP contribution in [0.3, 0.4) is 0 Å². The van der Waals surface area contributed by atoms with Crippen LogP contribution in [0.15, 0.2) is 0 Å². The maximum Gasteiger partial charge on any atom is 0.511 e. The number of carbonyl (C=O) groups excluding carboxylic acids is 1. The van der Waals surface area contributed by atoms with Gasteiger partial charge in [0, 0.05) is 0 Å². The molecule has 0 amide bonds. The number of rotatable bonds is 10. The van der Waals surface area contributed by atoms with Gasteiger partial charge in [0.2, 0.25) is 0 Å². The standard InChI is InChI=1S/C17H32F3NO4S/c1-8-16(9-2,21-26(23,24)17(18,19)20)11-25-14(22)15(7,13(5)6)10-12(3)4/h12-13,21H,8-11H2,1-7H3. The lowest BCUT2D eigenvalue weighted by Crippen LogP contribution is -2.55. The van der Waals surface area contributed by atoms with Gasteiger partial charge in [0.1, 0.15) is 6.61 Å². The van der Waals surface area contributed by atoms with Gasteiger partial charge in [-0.3, -0.25) is 4.79 Å². The Hall–Kier alpha value is -0.830. The summed E-state index contributed by atoms with van der Waals surface area (Å²) in [6.45, 7) is 12.1. The molecule has 0 aliphatic heterocycles. The molecule has 0 saturated carbocycles. The van der Waals surface area contributed by atoms with E-state index in [0.717, 1.165) is 0 Å². The summed E-state index contributed by atoms with van der Waals surface area (Å²) in [6.07, 6.45) is 0.659. The number of hydrogen-bond acceptors (Lipinski definition) is 4. The van der Waals surface area contributed by atoms with Crippen LogP contribution < -0.4 is 4.72 Å². The second-order valence-electron chi connectivity index (χ2n) is 7.78. The Morgan fingerprint density at radius 3 is 1.85 bits per heavy atom. The third-order valence-corrected chi connectivity index (χ3v) is 6.37. The molecule has 0 aromatic heterocycles. The molecular formula is C17H32F3NO4S. The van der Waals surface area contributed by atoms with Crippen LogP contribution in [-0.4, -0.2) is 32.0 Å². The largest absolute Gasteiger partial charge is 0.511 e. The van der Waals surface area contributed by atoms with E-state index in [1.807, 2.05) is 27.7 Å². The van der Waals surface area contributed by atoms with Gasteiger partial charge in [0.25, 0.3) is 0 Å². The predicted molar refractivity (Wildman–Crippen MR) is 94.8 cm³/mol. The van der Waals surface area contributed by atoms with Crippen molar-refractivity contribution in [3.05, 3.63) is 0 Å². The number of esters is 1. The van der Waals surface area contributed by atoms with Crippen LogP contribution in [0, 0.1) is 17.3 Å². The van der Waals surface area contributed by atoms with Crippen molar-refractivity contribution in [1.82, 2.24) is 4.72 Å². The van der Waals surface area contributed by atoms with Crippen molar-refractivity contribution in [2.45, 2.75) is 78.8 Å². The lowest BCUT2D eigenvalue weighted by Gasteiger charge is -2.36. The van der Waals surface area contributed by atoms with Gasteiger partial charge in [-0.15, -0.1) is 0 Å². The Kier molecular flexibility index (Phi) is 8.62. The summed E-state index contributed by atoms with van der Waals surface area (Å²) in [5.74, 6) is -0.346. The molecule has 1 unspecified atom stereocenters. The summed E-state index contributed by atoms with van der Waals surface area (Å²) >= 11 is 0. The van der Waals surface area contributed by atoms with Crippen molar-refractivity contribution in [2.75, 3.05) is 6.61 Å². The van der Waals surface area contributed by atoms with Crippen LogP contribution >= 0.6 is 0 Å². The number of sulfonamides is 1. The average Bonchev–Trinajstić information content (AvgIpc) is 2.48. The number of hydrogen-bond donors (Lipinski definition) is 1. The number of nitrogens with one attached hydrogen (secondary N) is 1. The second kappa shape index (κ2) is 8.91. The van der Waals surface area contributed by atoms with Gasteiger partial charge in [-0.2, -0.15) is 17.9 Å². The van der Waals surface area contributed by atoms with Crippen LogP contribution in [0.5, 0.6) is 0 Å². The Morgan fingerprint density at radius 1 is 1.08 bits per heavy atom. The van der Waals surface area contributed by atoms with E-state index in [1.165, 1.54) is 0 Å². The van der Waals surface area contributed by atoms with Crippen molar-refractivity contribution in [2.24, 2.45) is 17.3 Å². The summed E-state index contributed by atoms with van der Waals surface area (Å²) in [7, 11) is -5.54. The van der Waals surface area contributed by atoms with Gasteiger partial charge in [0.05, 0.1) is 11.0 Å². The lowest BCUT2D eigenvalue weighted by atomic mass is 9.73. The highest BCUT2D eigenvalue weighted by Gasteiger charge is 2.50. The highest BCUT2D eigenvalue weighted by molar-refractivity contribution is 7.90. The Bertz CT molecular complexity index is 569. The molecule has 0 radical (unpaired) electrons. The highest BCUT2D eigenvalue weighted by Crippen LogP contribution is 2.36. The fourth-order valence-electron chi connectivity index (χ4n) is 2.74. The molecule has 0 heterocycles. The number of alkyl halides is 3. The minimum atomic E-state index is -5.54. The molecule has 9 heteroatoms. The average molecular weight is 404 g/mol. The van der Waals surface area contributed by atoms with Crippen LogP contribution in [0.4, 0.5) is 13.2 Å². The van der Waals surface area contributed by atoms with Crippen LogP contribution in [0.25, 0.3) is 0 Å². The van der Waals surface area contributed by atoms with Crippen molar-refractivity contribution in [1.29, 1.82) is 0 Å². The molecule has 1 N–H and O–H groups in total. The first kappa shape index (κ1) is 25.2. The van der Waals surface area contributed by atoms with E-state index < -0.39 is 39.1 Å². The van der Waals surface area contributed by atoms with Crippen molar-refractivity contribution in [3.63, 3.8) is 0 Å². The molecule has 0 aromatic rings. The van der Waals surface area contributed by atoms with Gasteiger partial charge >= 0.3 is 21.5 Å². The van der Waals surface area contributed by atoms with Crippen molar-refractivity contribution in [3.8, 4) is 0 Å². The van der Waals surface area contributed by atoms with Gasteiger partial charge in [-0.05, 0) is 38.0 Å². The zero-order chi connectivity index (χ0) is 21.0. The van der Waals surface area contributed by atoms with Crippen LogP contribution in [0.2, 0.25) is 0 Å². The summed E-state index contributed by atoms with van der Waals surface area (Å²) in [4.78, 5) is 12.7. The molecule has 156 valence electrons. The number of ether oxygens (including phenoxy) is 1. The molecule has 5 nitrogen and oxygen atoms in total. The quantitative estimate of drug-likeness (QED) is 0.554. The lowest BCUT2D eigenvalue weighted by molar-refractivity contribution is -0.161. The number of carbonyl (C=O) groups is 1. The monoisotopic (exact) mass is 403 g/mol. The molecule has 0 rings (SSSR count). The Balaban J connectivity index is 5.45. The molecule has 0 bridgehead atoms. The zero-order valence-corrected chi connectivity index (χ0v) is 17.5. The van der Waals surface area contributed by atoms with Crippen LogP contribution in [0.1, 0.15) is 67.7 Å². The second-order valence-corrected chi connectivity index (χ2v) is 9.46. The van der Waals surface area contributed by atoms with Crippen LogP contribution in [-0.2, 0) is 19.6 Å². The van der Waals surface area contributed by atoms with E-state index in [-0.39, 0.29) is 24.7 Å². The first-order valence-corrected chi connectivity index (χ1v) is 10.3. The van der Waals surface area contributed by atoms with Gasteiger partial charge in [-0.1, -0.05) is 41.5 Å². The first-order valence-electron chi connectivity index (χ1n) is 8.84. The van der Waals surface area contributed by atoms with E-state index in [4.69, 9.17) is 4.74 Å². The Labute approximate surface area is 155 Å². The molecule has 0 fully saturated rings. The number of halogens is 3. The van der Waals surface area contributed by atoms with E-state index >= 15 is 0 Å². The summed E-state index contributed by atoms with van der Waals surface area (Å²) in [5, 5.41) is 0. The van der Waals surface area contributed by atoms with Crippen molar-refractivity contribution < 1.29 is 31.1 Å². The van der Waals surface area contributed by atoms with E-state index in [9.17, 15) is 26.4 Å². The molecule has 1 atom stereocenters. The molecule has 26 heavy (non-hydrogen) atoms. The van der Waals surface area contributed by atoms with Gasteiger partial charge < -0.3 is 4.74 Å². The maximum atomic E-state index is 12.7. The summed E-state index contributed by atoms with van der Waals surface area (Å²) in [5.41, 5.74) is -7.72. The van der Waals surface area contributed by atoms with Crippen molar-refractivity contribution >= 4 is 16.0 Å². The summed E-state index contributed by atoms with van der Waals surface area (Å²) in [6, 6.07) is 0. The maximum absolute atomic E-state index is 12.7. The summed E-state index contributed by atoms with van der Waals surface area (Å²) < 4.78 is 68.2. The minimum Gasteiger partial charge on any atom is -0.463 e. The van der Waals surface area contributed by atoms with Gasteiger partial charge in [-0.25, -0.2) is 8.42 Å². The molecule has 0 aliphatic carbocycles. The third kappa shape index (κ3) is 6.11. The smallest absolute Gasteiger partial charge is 0.463 e.